The third-order valence-electron chi connectivity index (χ3n) is 4.33. The molecular weight excluding hydrogens is 344 g/mol. The number of hydrogen-bond donors (Lipinski definition) is 0. The smallest absolute Gasteiger partial charge is 0.410 e. The van der Waals surface area contributed by atoms with Crippen LogP contribution in [0.3, 0.4) is 0 Å². The fourth-order valence-corrected chi connectivity index (χ4v) is 3.60. The Morgan fingerprint density at radius 2 is 1.64 bits per heavy atom. The number of rotatable bonds is 1. The molecule has 0 aromatic heterocycles. The van der Waals surface area contributed by atoms with E-state index in [2.05, 4.69) is 45.1 Å². The molecule has 2 aliphatic rings. The molecule has 120 valence electrons. The average Bonchev–Trinajstić information content (AvgIpc) is 2.95. The number of anilines is 1. The highest BCUT2D eigenvalue weighted by molar-refractivity contribution is 9.10. The van der Waals surface area contributed by atoms with E-state index in [1.165, 1.54) is 5.69 Å². The van der Waals surface area contributed by atoms with Gasteiger partial charge in [0.05, 0.1) is 0 Å². The van der Waals surface area contributed by atoms with Gasteiger partial charge in [-0.15, -0.1) is 0 Å². The van der Waals surface area contributed by atoms with Gasteiger partial charge < -0.3 is 14.5 Å². The zero-order valence-corrected chi connectivity index (χ0v) is 15.0. The van der Waals surface area contributed by atoms with Crippen molar-refractivity contribution in [2.75, 3.05) is 31.1 Å². The molecule has 0 aliphatic carbocycles. The summed E-state index contributed by atoms with van der Waals surface area (Å²) in [5.41, 5.74) is 0.847. The molecule has 2 unspecified atom stereocenters. The summed E-state index contributed by atoms with van der Waals surface area (Å²) in [6, 6.07) is 8.46. The Balaban J connectivity index is 1.58. The van der Waals surface area contributed by atoms with Crippen molar-refractivity contribution in [1.29, 1.82) is 0 Å². The molecule has 1 aromatic rings. The summed E-state index contributed by atoms with van der Waals surface area (Å²) in [7, 11) is 0. The third-order valence-corrected chi connectivity index (χ3v) is 4.86. The molecule has 2 fully saturated rings. The molecule has 0 N–H and O–H groups in total. The predicted octanol–water partition coefficient (Wildman–Crippen LogP) is 3.75. The number of ether oxygens (including phenoxy) is 1. The Kier molecular flexibility index (Phi) is 4.10. The molecule has 2 atom stereocenters. The topological polar surface area (TPSA) is 32.8 Å². The lowest BCUT2D eigenvalue weighted by Crippen LogP contribution is -2.37. The van der Waals surface area contributed by atoms with E-state index in [-0.39, 0.29) is 6.09 Å². The fourth-order valence-electron chi connectivity index (χ4n) is 3.33. The second-order valence-corrected chi connectivity index (χ2v) is 8.20. The van der Waals surface area contributed by atoms with Crippen molar-refractivity contribution in [2.45, 2.75) is 26.4 Å². The lowest BCUT2D eigenvalue weighted by molar-refractivity contribution is 0.0282. The normalized spacial score (nSPS) is 24.5. The molecule has 0 saturated carbocycles. The summed E-state index contributed by atoms with van der Waals surface area (Å²) in [6.07, 6.45) is -0.169. The van der Waals surface area contributed by atoms with E-state index in [1.807, 2.05) is 25.7 Å². The summed E-state index contributed by atoms with van der Waals surface area (Å²) < 4.78 is 6.58. The summed E-state index contributed by atoms with van der Waals surface area (Å²) in [5.74, 6) is 1.10. The standard InChI is InChI=1S/C17H23BrN2O2/c1-17(2,3)22-16(21)20-10-12-8-19(9-13(12)11-20)15-6-4-14(18)5-7-15/h4-7,12-13H,8-11H2,1-3H3. The monoisotopic (exact) mass is 366 g/mol. The lowest BCUT2D eigenvalue weighted by atomic mass is 10.0. The van der Waals surface area contributed by atoms with Crippen molar-refractivity contribution in [3.8, 4) is 0 Å². The van der Waals surface area contributed by atoms with E-state index < -0.39 is 5.60 Å². The maximum absolute atomic E-state index is 12.2. The van der Waals surface area contributed by atoms with E-state index in [4.69, 9.17) is 4.74 Å². The highest BCUT2D eigenvalue weighted by Gasteiger charge is 2.42. The Morgan fingerprint density at radius 1 is 1.09 bits per heavy atom. The Bertz CT molecular complexity index is 539. The van der Waals surface area contributed by atoms with Gasteiger partial charge in [-0.25, -0.2) is 4.79 Å². The molecule has 2 aliphatic heterocycles. The van der Waals surface area contributed by atoms with Gasteiger partial charge in [0.2, 0.25) is 0 Å². The van der Waals surface area contributed by atoms with Gasteiger partial charge in [-0.2, -0.15) is 0 Å². The summed E-state index contributed by atoms with van der Waals surface area (Å²) in [6.45, 7) is 9.40. The van der Waals surface area contributed by atoms with Crippen LogP contribution in [0.2, 0.25) is 0 Å². The number of nitrogens with zero attached hydrogens (tertiary/aromatic N) is 2. The van der Waals surface area contributed by atoms with Crippen LogP contribution in [0.1, 0.15) is 20.8 Å². The van der Waals surface area contributed by atoms with Crippen molar-refractivity contribution < 1.29 is 9.53 Å². The van der Waals surface area contributed by atoms with Crippen LogP contribution in [0.25, 0.3) is 0 Å². The Hall–Kier alpha value is -1.23. The Morgan fingerprint density at radius 3 is 2.14 bits per heavy atom. The van der Waals surface area contributed by atoms with Crippen LogP contribution in [0.5, 0.6) is 0 Å². The molecule has 22 heavy (non-hydrogen) atoms. The third kappa shape index (κ3) is 3.40. The number of carbonyl (C=O) groups excluding carboxylic acids is 1. The van der Waals surface area contributed by atoms with Gasteiger partial charge >= 0.3 is 6.09 Å². The van der Waals surface area contributed by atoms with Crippen molar-refractivity contribution in [3.63, 3.8) is 0 Å². The lowest BCUT2D eigenvalue weighted by Gasteiger charge is -2.26. The number of likely N-dealkylation sites (tertiary alicyclic amines) is 1. The van der Waals surface area contributed by atoms with Gasteiger partial charge in [0.1, 0.15) is 5.60 Å². The molecule has 3 rings (SSSR count). The van der Waals surface area contributed by atoms with Crippen molar-refractivity contribution in [2.24, 2.45) is 11.8 Å². The molecule has 2 heterocycles. The minimum Gasteiger partial charge on any atom is -0.444 e. The van der Waals surface area contributed by atoms with Gasteiger partial charge in [0.25, 0.3) is 0 Å². The van der Waals surface area contributed by atoms with Crippen molar-refractivity contribution >= 4 is 27.7 Å². The van der Waals surface area contributed by atoms with Crippen LogP contribution in [0.4, 0.5) is 10.5 Å². The minimum atomic E-state index is -0.418. The highest BCUT2D eigenvalue weighted by atomic mass is 79.9. The zero-order valence-electron chi connectivity index (χ0n) is 13.4. The number of carbonyl (C=O) groups is 1. The van der Waals surface area contributed by atoms with E-state index in [1.54, 1.807) is 0 Å². The summed E-state index contributed by atoms with van der Waals surface area (Å²) in [4.78, 5) is 16.5. The van der Waals surface area contributed by atoms with Crippen LogP contribution >= 0.6 is 15.9 Å². The van der Waals surface area contributed by atoms with Crippen LogP contribution < -0.4 is 4.90 Å². The zero-order chi connectivity index (χ0) is 15.9. The molecule has 0 spiro atoms. The molecule has 5 heteroatoms. The largest absolute Gasteiger partial charge is 0.444 e. The molecule has 0 radical (unpaired) electrons. The predicted molar refractivity (Wildman–Crippen MR) is 91.1 cm³/mol. The SMILES string of the molecule is CC(C)(C)OC(=O)N1CC2CN(c3ccc(Br)cc3)CC2C1. The first kappa shape index (κ1) is 15.7. The number of hydrogen-bond acceptors (Lipinski definition) is 3. The second kappa shape index (κ2) is 5.76. The number of fused-ring (bicyclic) bond motifs is 1. The maximum Gasteiger partial charge on any atom is 0.410 e. The first-order chi connectivity index (χ1) is 10.3. The van der Waals surface area contributed by atoms with Crippen LogP contribution in [0.15, 0.2) is 28.7 Å². The van der Waals surface area contributed by atoms with Crippen molar-refractivity contribution in [3.05, 3.63) is 28.7 Å². The summed E-state index contributed by atoms with van der Waals surface area (Å²) in [5, 5.41) is 0. The molecule has 1 amide bonds. The van der Waals surface area contributed by atoms with Gasteiger partial charge in [-0.1, -0.05) is 15.9 Å². The quantitative estimate of drug-likeness (QED) is 0.758. The fraction of sp³-hybridized carbons (Fsp3) is 0.588. The van der Waals surface area contributed by atoms with Gasteiger partial charge in [-0.05, 0) is 45.0 Å². The van der Waals surface area contributed by atoms with E-state index >= 15 is 0 Å². The average molecular weight is 367 g/mol. The second-order valence-electron chi connectivity index (χ2n) is 7.29. The number of benzene rings is 1. The first-order valence-corrected chi connectivity index (χ1v) is 8.59. The number of amides is 1. The molecule has 1 aromatic carbocycles. The Labute approximate surface area is 140 Å². The van der Waals surface area contributed by atoms with Gasteiger partial charge in [0.15, 0.2) is 0 Å². The van der Waals surface area contributed by atoms with Crippen LogP contribution in [-0.2, 0) is 4.74 Å². The molecule has 2 saturated heterocycles. The van der Waals surface area contributed by atoms with Crippen molar-refractivity contribution in [1.82, 2.24) is 4.90 Å². The molecular formula is C17H23BrN2O2. The van der Waals surface area contributed by atoms with E-state index in [0.29, 0.717) is 11.8 Å². The first-order valence-electron chi connectivity index (χ1n) is 7.80. The maximum atomic E-state index is 12.2. The van der Waals surface area contributed by atoms with E-state index in [0.717, 1.165) is 30.7 Å². The highest BCUT2D eigenvalue weighted by Crippen LogP contribution is 2.34. The van der Waals surface area contributed by atoms with Gasteiger partial charge in [0, 0.05) is 48.2 Å². The van der Waals surface area contributed by atoms with Crippen LogP contribution in [0, 0.1) is 11.8 Å². The molecule has 0 bridgehead atoms. The minimum absolute atomic E-state index is 0.169. The molecule has 4 nitrogen and oxygen atoms in total. The van der Waals surface area contributed by atoms with Gasteiger partial charge in [-0.3, -0.25) is 0 Å². The summed E-state index contributed by atoms with van der Waals surface area (Å²) >= 11 is 3.47. The number of halogens is 1. The van der Waals surface area contributed by atoms with E-state index in [9.17, 15) is 4.79 Å². The van der Waals surface area contributed by atoms with Crippen LogP contribution in [-0.4, -0.2) is 42.8 Å².